The molecule has 25 heavy (non-hydrogen) atoms. The lowest BCUT2D eigenvalue weighted by Crippen LogP contribution is -2.21. The highest BCUT2D eigenvalue weighted by Gasteiger charge is 2.19. The Morgan fingerprint density at radius 3 is 2.60 bits per heavy atom. The van der Waals surface area contributed by atoms with Crippen LogP contribution >= 0.6 is 15.9 Å². The third-order valence-electron chi connectivity index (χ3n) is 3.96. The molecule has 6 heteroatoms. The van der Waals surface area contributed by atoms with Crippen molar-refractivity contribution < 1.29 is 19.0 Å². The van der Waals surface area contributed by atoms with Crippen LogP contribution in [-0.4, -0.2) is 26.7 Å². The van der Waals surface area contributed by atoms with Crippen molar-refractivity contribution in [3.8, 4) is 17.2 Å². The molecule has 0 saturated carbocycles. The first-order valence-electron chi connectivity index (χ1n) is 7.68. The lowest BCUT2D eigenvalue weighted by Gasteiger charge is -2.19. The van der Waals surface area contributed by atoms with Crippen molar-refractivity contribution in [1.29, 1.82) is 0 Å². The number of hydrogen-bond acceptors (Lipinski definition) is 4. The predicted molar refractivity (Wildman–Crippen MR) is 101 cm³/mol. The van der Waals surface area contributed by atoms with Crippen molar-refractivity contribution in [1.82, 2.24) is 0 Å². The first-order chi connectivity index (χ1) is 12.0. The van der Waals surface area contributed by atoms with E-state index in [4.69, 9.17) is 14.2 Å². The number of nitrogens with one attached hydrogen (secondary N) is 1. The van der Waals surface area contributed by atoms with Crippen LogP contribution in [0, 0.1) is 6.92 Å². The molecule has 1 aliphatic rings. The topological polar surface area (TPSA) is 56.8 Å². The van der Waals surface area contributed by atoms with E-state index >= 15 is 0 Å². The van der Waals surface area contributed by atoms with Crippen molar-refractivity contribution in [2.24, 2.45) is 0 Å². The molecular weight excluding hydrogens is 386 g/mol. The SMILES string of the molecule is COc1cc(C)c(NC(=O)C2=Cc3cc(Br)ccc3OC2)cc1OC. The van der Waals surface area contributed by atoms with Gasteiger partial charge in [0.1, 0.15) is 12.4 Å². The van der Waals surface area contributed by atoms with E-state index in [2.05, 4.69) is 21.2 Å². The minimum Gasteiger partial charge on any atom is -0.493 e. The Balaban J connectivity index is 1.86. The quantitative estimate of drug-likeness (QED) is 0.831. The number of fused-ring (bicyclic) bond motifs is 1. The maximum atomic E-state index is 12.6. The van der Waals surface area contributed by atoms with Gasteiger partial charge in [0, 0.05) is 21.8 Å². The van der Waals surface area contributed by atoms with E-state index in [0.29, 0.717) is 22.8 Å². The summed E-state index contributed by atoms with van der Waals surface area (Å²) in [6, 6.07) is 9.28. The van der Waals surface area contributed by atoms with E-state index in [-0.39, 0.29) is 12.5 Å². The monoisotopic (exact) mass is 403 g/mol. The van der Waals surface area contributed by atoms with Gasteiger partial charge in [-0.2, -0.15) is 0 Å². The molecule has 0 spiro atoms. The molecule has 0 fully saturated rings. The van der Waals surface area contributed by atoms with Crippen LogP contribution < -0.4 is 19.5 Å². The number of ether oxygens (including phenoxy) is 3. The Morgan fingerprint density at radius 2 is 1.88 bits per heavy atom. The number of carbonyl (C=O) groups is 1. The van der Waals surface area contributed by atoms with Crippen molar-refractivity contribution in [2.45, 2.75) is 6.92 Å². The van der Waals surface area contributed by atoms with Gasteiger partial charge in [0.05, 0.1) is 19.8 Å². The van der Waals surface area contributed by atoms with E-state index in [1.54, 1.807) is 20.3 Å². The molecule has 1 N–H and O–H groups in total. The van der Waals surface area contributed by atoms with Crippen molar-refractivity contribution >= 4 is 33.6 Å². The number of carbonyl (C=O) groups excluding carboxylic acids is 1. The number of benzene rings is 2. The van der Waals surface area contributed by atoms with Gasteiger partial charge in [-0.05, 0) is 42.8 Å². The second-order valence-corrected chi connectivity index (χ2v) is 6.53. The fourth-order valence-electron chi connectivity index (χ4n) is 2.60. The molecule has 0 aromatic heterocycles. The second-order valence-electron chi connectivity index (χ2n) is 5.62. The summed E-state index contributed by atoms with van der Waals surface area (Å²) in [5.41, 5.74) is 2.98. The maximum Gasteiger partial charge on any atom is 0.255 e. The van der Waals surface area contributed by atoms with E-state index in [9.17, 15) is 4.79 Å². The number of methoxy groups -OCH3 is 2. The zero-order valence-electron chi connectivity index (χ0n) is 14.2. The van der Waals surface area contributed by atoms with Gasteiger partial charge in [-0.1, -0.05) is 15.9 Å². The van der Waals surface area contributed by atoms with Crippen molar-refractivity contribution in [3.63, 3.8) is 0 Å². The van der Waals surface area contributed by atoms with Crippen LogP contribution in [0.3, 0.4) is 0 Å². The van der Waals surface area contributed by atoms with Crippen LogP contribution in [0.5, 0.6) is 17.2 Å². The Bertz CT molecular complexity index is 861. The Labute approximate surface area is 154 Å². The lowest BCUT2D eigenvalue weighted by atomic mass is 10.1. The Hall–Kier alpha value is -2.47. The summed E-state index contributed by atoms with van der Waals surface area (Å²) in [5, 5.41) is 2.92. The van der Waals surface area contributed by atoms with E-state index in [1.807, 2.05) is 37.3 Å². The third-order valence-corrected chi connectivity index (χ3v) is 4.45. The number of hydrogen-bond donors (Lipinski definition) is 1. The summed E-state index contributed by atoms with van der Waals surface area (Å²) >= 11 is 3.43. The van der Waals surface area contributed by atoms with E-state index < -0.39 is 0 Å². The number of anilines is 1. The summed E-state index contributed by atoms with van der Waals surface area (Å²) in [7, 11) is 3.14. The molecule has 0 unspecified atom stereocenters. The van der Waals surface area contributed by atoms with E-state index in [1.165, 1.54) is 0 Å². The smallest absolute Gasteiger partial charge is 0.255 e. The standard InChI is InChI=1S/C19H18BrNO4/c1-11-6-17(23-2)18(24-3)9-15(11)21-19(22)13-7-12-8-14(20)4-5-16(12)25-10-13/h4-9H,10H2,1-3H3,(H,21,22). The Morgan fingerprint density at radius 1 is 1.16 bits per heavy atom. The number of amides is 1. The summed E-state index contributed by atoms with van der Waals surface area (Å²) in [6.45, 7) is 2.13. The van der Waals surface area contributed by atoms with Gasteiger partial charge in [0.15, 0.2) is 11.5 Å². The second kappa shape index (κ2) is 7.19. The third kappa shape index (κ3) is 3.64. The molecule has 0 radical (unpaired) electrons. The van der Waals surface area contributed by atoms with Gasteiger partial charge < -0.3 is 19.5 Å². The molecule has 1 heterocycles. The molecule has 1 aliphatic heterocycles. The normalized spacial score (nSPS) is 12.6. The fraction of sp³-hybridized carbons (Fsp3) is 0.211. The molecule has 2 aromatic carbocycles. The highest BCUT2D eigenvalue weighted by Crippen LogP contribution is 2.34. The first kappa shape index (κ1) is 17.4. The highest BCUT2D eigenvalue weighted by atomic mass is 79.9. The molecule has 3 rings (SSSR count). The molecule has 0 saturated heterocycles. The summed E-state index contributed by atoms with van der Waals surface area (Å²) in [5.74, 6) is 1.74. The zero-order valence-corrected chi connectivity index (χ0v) is 15.8. The predicted octanol–water partition coefficient (Wildman–Crippen LogP) is 4.19. The molecule has 0 aliphatic carbocycles. The molecule has 130 valence electrons. The summed E-state index contributed by atoms with van der Waals surface area (Å²) in [6.07, 6.45) is 1.84. The fourth-order valence-corrected chi connectivity index (χ4v) is 2.98. The lowest BCUT2D eigenvalue weighted by molar-refractivity contribution is -0.113. The molecule has 0 atom stereocenters. The summed E-state index contributed by atoms with van der Waals surface area (Å²) in [4.78, 5) is 12.6. The number of aryl methyl sites for hydroxylation is 1. The number of halogens is 1. The minimum atomic E-state index is -0.207. The van der Waals surface area contributed by atoms with Gasteiger partial charge in [0.2, 0.25) is 0 Å². The molecule has 5 nitrogen and oxygen atoms in total. The van der Waals surface area contributed by atoms with Crippen LogP contribution in [0.25, 0.3) is 6.08 Å². The molecule has 1 amide bonds. The average Bonchev–Trinajstić information content (AvgIpc) is 2.62. The van der Waals surface area contributed by atoms with Gasteiger partial charge in [0.25, 0.3) is 5.91 Å². The summed E-state index contributed by atoms with van der Waals surface area (Å²) < 4.78 is 17.2. The largest absolute Gasteiger partial charge is 0.493 e. The zero-order chi connectivity index (χ0) is 18.0. The molecular formula is C19H18BrNO4. The van der Waals surface area contributed by atoms with Gasteiger partial charge in [-0.25, -0.2) is 0 Å². The average molecular weight is 404 g/mol. The highest BCUT2D eigenvalue weighted by molar-refractivity contribution is 9.10. The molecule has 2 aromatic rings. The van der Waals surface area contributed by atoms with Crippen LogP contribution in [0.4, 0.5) is 5.69 Å². The van der Waals surface area contributed by atoms with Gasteiger partial charge in [-0.3, -0.25) is 4.79 Å². The van der Waals surface area contributed by atoms with Gasteiger partial charge in [-0.15, -0.1) is 0 Å². The van der Waals surface area contributed by atoms with Crippen LogP contribution in [0.1, 0.15) is 11.1 Å². The van der Waals surface area contributed by atoms with Crippen LogP contribution in [0.2, 0.25) is 0 Å². The van der Waals surface area contributed by atoms with Gasteiger partial charge >= 0.3 is 0 Å². The first-order valence-corrected chi connectivity index (χ1v) is 8.48. The minimum absolute atomic E-state index is 0.207. The Kier molecular flexibility index (Phi) is 4.99. The van der Waals surface area contributed by atoms with Crippen molar-refractivity contribution in [3.05, 3.63) is 51.5 Å². The van der Waals surface area contributed by atoms with E-state index in [0.717, 1.165) is 21.3 Å². The van der Waals surface area contributed by atoms with Crippen LogP contribution in [-0.2, 0) is 4.79 Å². The van der Waals surface area contributed by atoms with Crippen LogP contribution in [0.15, 0.2) is 40.4 Å². The van der Waals surface area contributed by atoms with Crippen molar-refractivity contribution in [2.75, 3.05) is 26.1 Å². The maximum absolute atomic E-state index is 12.6. The number of rotatable bonds is 4. The molecule has 0 bridgehead atoms.